The van der Waals surface area contributed by atoms with Crippen LogP contribution in [0.5, 0.6) is 0 Å². The van der Waals surface area contributed by atoms with Crippen molar-refractivity contribution in [3.05, 3.63) is 47.0 Å². The molecule has 1 aliphatic rings. The summed E-state index contributed by atoms with van der Waals surface area (Å²) in [6.07, 6.45) is 4.31. The van der Waals surface area contributed by atoms with E-state index in [4.69, 9.17) is 4.74 Å². The van der Waals surface area contributed by atoms with Gasteiger partial charge in [-0.1, -0.05) is 25.7 Å². The summed E-state index contributed by atoms with van der Waals surface area (Å²) in [5, 5.41) is 7.35. The molecule has 4 rings (SSSR count). The van der Waals surface area contributed by atoms with Gasteiger partial charge in [0.1, 0.15) is 6.73 Å². The zero-order valence-corrected chi connectivity index (χ0v) is 21.7. The normalized spacial score (nSPS) is 14.3. The Morgan fingerprint density at radius 1 is 1.29 bits per heavy atom. The van der Waals surface area contributed by atoms with Crippen molar-refractivity contribution in [3.8, 4) is 11.1 Å². The van der Waals surface area contributed by atoms with Crippen LogP contribution in [-0.2, 0) is 35.4 Å². The second-order valence-electron chi connectivity index (χ2n) is 9.74. The van der Waals surface area contributed by atoms with Gasteiger partial charge in [-0.2, -0.15) is 9.37 Å². The van der Waals surface area contributed by atoms with Gasteiger partial charge in [-0.15, -0.1) is 5.10 Å². The first kappa shape index (κ1) is 24.6. The molecule has 2 heterocycles. The van der Waals surface area contributed by atoms with E-state index in [0.29, 0.717) is 18.1 Å². The van der Waals surface area contributed by atoms with Crippen molar-refractivity contribution < 1.29 is 17.9 Å². The van der Waals surface area contributed by atoms with E-state index >= 15 is 0 Å². The number of fused-ring (bicyclic) bond motifs is 1. The Kier molecular flexibility index (Phi) is 7.27. The molecule has 1 atom stereocenters. The Balaban J connectivity index is 1.73. The molecule has 0 fully saturated rings. The van der Waals surface area contributed by atoms with Gasteiger partial charge in [0, 0.05) is 32.5 Å². The molecule has 0 spiro atoms. The fourth-order valence-electron chi connectivity index (χ4n) is 4.18. The number of rotatable bonds is 9. The third kappa shape index (κ3) is 5.60. The fraction of sp³-hybridized carbons (Fsp3) is 0.435. The van der Waals surface area contributed by atoms with E-state index in [1.165, 1.54) is 22.5 Å². The summed E-state index contributed by atoms with van der Waals surface area (Å²) in [5.41, 5.74) is 5.73. The van der Waals surface area contributed by atoms with Crippen LogP contribution in [-0.4, -0.2) is 43.2 Å². The molecule has 0 amide bonds. The van der Waals surface area contributed by atoms with Gasteiger partial charge in [0.05, 0.1) is 5.69 Å². The molecule has 0 saturated heterocycles. The molecule has 0 bridgehead atoms. The highest BCUT2D eigenvalue weighted by Crippen LogP contribution is 2.41. The first-order valence-electron chi connectivity index (χ1n) is 11.3. The van der Waals surface area contributed by atoms with Gasteiger partial charge in [-0.05, 0) is 60.6 Å². The topological polar surface area (TPSA) is 102 Å². The quantitative estimate of drug-likeness (QED) is 0.185. The molecule has 2 aromatic heterocycles. The molecule has 3 aromatic rings. The maximum Gasteiger partial charge on any atom is 0.268 e. The van der Waals surface area contributed by atoms with Crippen molar-refractivity contribution in [1.82, 2.24) is 19.7 Å². The molecular weight excluding hydrogens is 473 g/mol. The van der Waals surface area contributed by atoms with Gasteiger partial charge in [0.15, 0.2) is 0 Å². The van der Waals surface area contributed by atoms with Gasteiger partial charge in [-0.25, -0.2) is 13.9 Å². The molecule has 11 heteroatoms. The summed E-state index contributed by atoms with van der Waals surface area (Å²) < 4.78 is 42.6. The summed E-state index contributed by atoms with van der Waals surface area (Å²) in [4.78, 5) is 7.96. The average molecular weight is 504 g/mol. The summed E-state index contributed by atoms with van der Waals surface area (Å²) in [5.74, 6) is -0.249. The number of nitrogens with zero attached hydrogens (tertiary/aromatic N) is 4. The third-order valence-electron chi connectivity index (χ3n) is 5.87. The molecule has 8 nitrogen and oxygen atoms in total. The van der Waals surface area contributed by atoms with Gasteiger partial charge in [0.2, 0.25) is 23.0 Å². The minimum absolute atomic E-state index is 0.101. The van der Waals surface area contributed by atoms with Gasteiger partial charge >= 0.3 is 0 Å². The van der Waals surface area contributed by atoms with E-state index in [1.807, 2.05) is 6.92 Å². The molecule has 34 heavy (non-hydrogen) atoms. The van der Waals surface area contributed by atoms with E-state index in [-0.39, 0.29) is 11.9 Å². The van der Waals surface area contributed by atoms with Crippen LogP contribution in [0.2, 0.25) is 25.7 Å². The number of hydrogen-bond donors (Lipinski definition) is 2. The molecular formula is C23H30FN5O3SSi. The lowest BCUT2D eigenvalue weighted by atomic mass is 9.93. The Bertz CT molecular complexity index is 1230. The van der Waals surface area contributed by atoms with Crippen LogP contribution in [0.4, 0.5) is 16.0 Å². The van der Waals surface area contributed by atoms with Crippen LogP contribution in [0.3, 0.4) is 0 Å². The minimum atomic E-state index is -2.34. The van der Waals surface area contributed by atoms with Crippen molar-refractivity contribution in [2.75, 3.05) is 11.9 Å². The first-order valence-corrected chi connectivity index (χ1v) is 16.1. The molecule has 0 radical (unpaired) electrons. The monoisotopic (exact) mass is 503 g/mol. The standard InChI is InChI=1S/C23H30FN5O3SSi/c1-15-12-16-6-5-7-18(16)21(20(15)17-8-9-25-19(24)13-17)26-22-27-23(33(30)31)28-29(22)14-32-10-11-34(2,3)4/h8-9,12-13H,5-7,10-11,14H2,1-4H3,(H,30,31)(H,26,27,28). The van der Waals surface area contributed by atoms with E-state index in [9.17, 15) is 13.2 Å². The number of pyridine rings is 1. The van der Waals surface area contributed by atoms with Gasteiger partial charge in [-0.3, -0.25) is 4.55 Å². The predicted octanol–water partition coefficient (Wildman–Crippen LogP) is 4.91. The zero-order valence-electron chi connectivity index (χ0n) is 19.9. The van der Waals surface area contributed by atoms with E-state index in [1.54, 1.807) is 6.07 Å². The lowest BCUT2D eigenvalue weighted by Crippen LogP contribution is -2.22. The number of ether oxygens (including phenoxy) is 1. The predicted molar refractivity (Wildman–Crippen MR) is 133 cm³/mol. The highest BCUT2D eigenvalue weighted by atomic mass is 32.2. The number of nitrogens with one attached hydrogen (secondary N) is 1. The number of halogens is 1. The van der Waals surface area contributed by atoms with Crippen molar-refractivity contribution >= 4 is 30.8 Å². The minimum Gasteiger partial charge on any atom is -0.359 e. The second kappa shape index (κ2) is 10.0. The Hall–Kier alpha value is -2.47. The molecule has 0 aliphatic heterocycles. The highest BCUT2D eigenvalue weighted by Gasteiger charge is 2.24. The number of aromatic nitrogens is 4. The third-order valence-corrected chi connectivity index (χ3v) is 8.06. The zero-order chi connectivity index (χ0) is 24.5. The molecule has 1 unspecified atom stereocenters. The van der Waals surface area contributed by atoms with Crippen LogP contribution < -0.4 is 5.32 Å². The maximum absolute atomic E-state index is 14.0. The summed E-state index contributed by atoms with van der Waals surface area (Å²) in [6.45, 7) is 9.49. The molecule has 0 saturated carbocycles. The van der Waals surface area contributed by atoms with Crippen molar-refractivity contribution in [2.24, 2.45) is 0 Å². The lowest BCUT2D eigenvalue weighted by Gasteiger charge is -2.20. The molecule has 2 N–H and O–H groups in total. The van der Waals surface area contributed by atoms with Crippen LogP contribution in [0.25, 0.3) is 11.1 Å². The lowest BCUT2D eigenvalue weighted by molar-refractivity contribution is 0.0792. The van der Waals surface area contributed by atoms with Crippen LogP contribution in [0.15, 0.2) is 29.6 Å². The van der Waals surface area contributed by atoms with Gasteiger partial charge < -0.3 is 10.1 Å². The van der Waals surface area contributed by atoms with Crippen LogP contribution >= 0.6 is 0 Å². The molecule has 1 aliphatic carbocycles. The summed E-state index contributed by atoms with van der Waals surface area (Å²) in [6, 6.07) is 6.33. The molecule has 182 valence electrons. The number of aryl methyl sites for hydroxylation is 2. The molecule has 1 aromatic carbocycles. The van der Waals surface area contributed by atoms with E-state index in [2.05, 4.69) is 46.1 Å². The Labute approximate surface area is 202 Å². The average Bonchev–Trinajstić information content (AvgIpc) is 3.37. The van der Waals surface area contributed by atoms with Crippen LogP contribution in [0, 0.1) is 12.9 Å². The maximum atomic E-state index is 14.0. The first-order chi connectivity index (χ1) is 16.1. The Morgan fingerprint density at radius 2 is 2.09 bits per heavy atom. The van der Waals surface area contributed by atoms with Crippen LogP contribution in [0.1, 0.15) is 23.1 Å². The van der Waals surface area contributed by atoms with Crippen molar-refractivity contribution in [3.63, 3.8) is 0 Å². The van der Waals surface area contributed by atoms with E-state index in [0.717, 1.165) is 47.7 Å². The largest absolute Gasteiger partial charge is 0.359 e. The Morgan fingerprint density at radius 3 is 2.79 bits per heavy atom. The van der Waals surface area contributed by atoms with Gasteiger partial charge in [0.25, 0.3) is 5.16 Å². The smallest absolute Gasteiger partial charge is 0.268 e. The van der Waals surface area contributed by atoms with Crippen molar-refractivity contribution in [2.45, 2.75) is 63.8 Å². The van der Waals surface area contributed by atoms with Crippen molar-refractivity contribution in [1.29, 1.82) is 0 Å². The fourth-order valence-corrected chi connectivity index (χ4v) is 5.27. The second-order valence-corrected chi connectivity index (χ2v) is 16.2. The summed E-state index contributed by atoms with van der Waals surface area (Å²) >= 11 is -2.34. The number of anilines is 2. The summed E-state index contributed by atoms with van der Waals surface area (Å²) in [7, 11) is -1.26. The highest BCUT2D eigenvalue weighted by molar-refractivity contribution is 7.79. The van der Waals surface area contributed by atoms with E-state index < -0.39 is 25.1 Å². The number of benzene rings is 1. The SMILES string of the molecule is Cc1cc2c(c(Nc3nc(S(=O)O)nn3COCC[Si](C)(C)C)c1-c1ccnc(F)c1)CCC2. The number of hydrogen-bond acceptors (Lipinski definition) is 6.